The van der Waals surface area contributed by atoms with Crippen LogP contribution in [0.5, 0.6) is 0 Å². The Hall–Kier alpha value is -3.26. The Balaban J connectivity index is 1.39. The van der Waals surface area contributed by atoms with Crippen molar-refractivity contribution in [2.75, 3.05) is 13.7 Å². The van der Waals surface area contributed by atoms with Gasteiger partial charge in [0.25, 0.3) is 0 Å². The molecule has 1 unspecified atom stereocenters. The fourth-order valence-electron chi connectivity index (χ4n) is 6.94. The number of piperidine rings is 1. The summed E-state index contributed by atoms with van der Waals surface area (Å²) in [6.07, 6.45) is 4.03. The maximum atomic E-state index is 14.0. The number of alkyl halides is 2. The average molecular weight is 523 g/mol. The van der Waals surface area contributed by atoms with Crippen molar-refractivity contribution in [2.24, 2.45) is 5.41 Å². The van der Waals surface area contributed by atoms with Crippen LogP contribution in [0, 0.1) is 12.3 Å². The molecule has 6 rings (SSSR count). The highest BCUT2D eigenvalue weighted by Crippen LogP contribution is 2.60. The van der Waals surface area contributed by atoms with Crippen LogP contribution in [0.25, 0.3) is 10.9 Å². The summed E-state index contributed by atoms with van der Waals surface area (Å²) in [5, 5.41) is 10.7. The molecule has 1 spiro atoms. The summed E-state index contributed by atoms with van der Waals surface area (Å²) in [6.45, 7) is 3.26. The van der Waals surface area contributed by atoms with Gasteiger partial charge in [-0.25, -0.2) is 18.4 Å². The molecule has 0 radical (unpaired) electrons. The Labute approximate surface area is 220 Å². The van der Waals surface area contributed by atoms with Gasteiger partial charge >= 0.3 is 12.1 Å². The number of carbonyl (C=O) groups is 2. The van der Waals surface area contributed by atoms with E-state index in [0.29, 0.717) is 42.9 Å². The van der Waals surface area contributed by atoms with Crippen molar-refractivity contribution in [3.05, 3.63) is 70.4 Å². The van der Waals surface area contributed by atoms with Crippen LogP contribution in [0.3, 0.4) is 0 Å². The maximum absolute atomic E-state index is 14.0. The minimum absolute atomic E-state index is 0.0753. The summed E-state index contributed by atoms with van der Waals surface area (Å²) in [5.74, 6) is -2.53. The molecule has 3 aromatic rings. The van der Waals surface area contributed by atoms with Crippen LogP contribution in [0.4, 0.5) is 13.6 Å². The summed E-state index contributed by atoms with van der Waals surface area (Å²) >= 11 is 0. The van der Waals surface area contributed by atoms with Crippen molar-refractivity contribution in [3.8, 4) is 0 Å². The lowest BCUT2D eigenvalue weighted by molar-refractivity contribution is -0.186. The number of aryl methyl sites for hydroxylation is 1. The van der Waals surface area contributed by atoms with E-state index in [1.807, 2.05) is 25.1 Å². The largest absolute Gasteiger partial charge is 0.465 e. The number of fused-ring (bicyclic) bond motifs is 1. The number of hydrogen-bond acceptors (Lipinski definition) is 4. The highest BCUT2D eigenvalue weighted by Gasteiger charge is 2.58. The Morgan fingerprint density at radius 2 is 1.84 bits per heavy atom. The SMILES string of the molecule is COC(=O)c1ccc(C2CC3(CCN2Cc2c(C4CC4)cc(C)c4c2ccn4C(=O)O)CC(F)(F)C3)cc1. The van der Waals surface area contributed by atoms with Gasteiger partial charge in [0.15, 0.2) is 0 Å². The number of aromatic nitrogens is 1. The van der Waals surface area contributed by atoms with Crippen LogP contribution in [-0.4, -0.2) is 46.2 Å². The number of carboxylic acid groups (broad SMARTS) is 1. The number of halogens is 2. The van der Waals surface area contributed by atoms with Gasteiger partial charge in [0.05, 0.1) is 18.2 Å². The molecular weight excluding hydrogens is 490 g/mol. The first kappa shape index (κ1) is 25.0. The van der Waals surface area contributed by atoms with Crippen molar-refractivity contribution in [3.63, 3.8) is 0 Å². The fourth-order valence-corrected chi connectivity index (χ4v) is 6.94. The van der Waals surface area contributed by atoms with Crippen molar-refractivity contribution >= 4 is 23.0 Å². The maximum Gasteiger partial charge on any atom is 0.416 e. The predicted molar refractivity (Wildman–Crippen MR) is 139 cm³/mol. The minimum Gasteiger partial charge on any atom is -0.465 e. The molecule has 2 aromatic carbocycles. The zero-order valence-corrected chi connectivity index (χ0v) is 21.7. The van der Waals surface area contributed by atoms with Gasteiger partial charge < -0.3 is 9.84 Å². The Kier molecular flexibility index (Phi) is 5.87. The van der Waals surface area contributed by atoms with Crippen LogP contribution >= 0.6 is 0 Å². The second kappa shape index (κ2) is 8.90. The Morgan fingerprint density at radius 3 is 2.45 bits per heavy atom. The van der Waals surface area contributed by atoms with E-state index in [1.165, 1.54) is 17.2 Å². The molecule has 2 aliphatic carbocycles. The summed E-state index contributed by atoms with van der Waals surface area (Å²) in [7, 11) is 1.34. The standard InChI is InChI=1S/C30H32F2N2O4/c1-18-13-23(19-3-4-19)24(22-9-11-34(26(18)22)28(36)37)15-33-12-10-29(16-30(31,32)17-29)14-25(33)20-5-7-21(8-6-20)27(35)38-2/h5-9,11,13,19,25H,3-4,10,12,14-17H2,1-2H3,(H,36,37). The third-order valence-electron chi connectivity index (χ3n) is 8.87. The smallest absolute Gasteiger partial charge is 0.416 e. The van der Waals surface area contributed by atoms with E-state index in [1.54, 1.807) is 18.3 Å². The number of nitrogens with zero attached hydrogens (tertiary/aromatic N) is 2. The molecule has 1 N–H and O–H groups in total. The minimum atomic E-state index is -2.59. The van der Waals surface area contributed by atoms with Crippen LogP contribution in [-0.2, 0) is 11.3 Å². The van der Waals surface area contributed by atoms with Crippen LogP contribution in [0.2, 0.25) is 0 Å². The van der Waals surface area contributed by atoms with Gasteiger partial charge in [0.2, 0.25) is 5.92 Å². The number of methoxy groups -OCH3 is 1. The van der Waals surface area contributed by atoms with Gasteiger partial charge in [-0.1, -0.05) is 18.2 Å². The quantitative estimate of drug-likeness (QED) is 0.370. The van der Waals surface area contributed by atoms with Crippen LogP contribution < -0.4 is 0 Å². The fraction of sp³-hybridized carbons (Fsp3) is 0.467. The van der Waals surface area contributed by atoms with Gasteiger partial charge in [-0.3, -0.25) is 9.47 Å². The highest BCUT2D eigenvalue weighted by atomic mass is 19.3. The normalized spacial score (nSPS) is 22.4. The number of hydrogen-bond donors (Lipinski definition) is 1. The molecule has 0 amide bonds. The lowest BCUT2D eigenvalue weighted by Crippen LogP contribution is -2.53. The van der Waals surface area contributed by atoms with E-state index in [4.69, 9.17) is 4.74 Å². The zero-order chi connectivity index (χ0) is 26.8. The van der Waals surface area contributed by atoms with E-state index in [9.17, 15) is 23.5 Å². The molecule has 1 saturated heterocycles. The molecule has 8 heteroatoms. The molecule has 3 aliphatic rings. The third-order valence-corrected chi connectivity index (χ3v) is 8.87. The monoisotopic (exact) mass is 522 g/mol. The molecular formula is C30H32F2N2O4. The molecule has 1 aromatic heterocycles. The second-order valence-electron chi connectivity index (χ2n) is 11.5. The van der Waals surface area contributed by atoms with Crippen molar-refractivity contribution in [1.82, 2.24) is 9.47 Å². The Morgan fingerprint density at radius 1 is 1.13 bits per heavy atom. The summed E-state index contributed by atoms with van der Waals surface area (Å²) in [4.78, 5) is 26.3. The molecule has 0 bridgehead atoms. The van der Waals surface area contributed by atoms with Gasteiger partial charge in [-0.15, -0.1) is 0 Å². The molecule has 2 saturated carbocycles. The lowest BCUT2D eigenvalue weighted by Gasteiger charge is -2.54. The van der Waals surface area contributed by atoms with Gasteiger partial charge in [0.1, 0.15) is 0 Å². The molecule has 38 heavy (non-hydrogen) atoms. The number of likely N-dealkylation sites (tertiary alicyclic amines) is 1. The van der Waals surface area contributed by atoms with Crippen molar-refractivity contribution in [2.45, 2.75) is 69.9 Å². The highest BCUT2D eigenvalue weighted by molar-refractivity contribution is 5.94. The Bertz CT molecular complexity index is 1420. The first-order chi connectivity index (χ1) is 18.1. The first-order valence-electron chi connectivity index (χ1n) is 13.3. The van der Waals surface area contributed by atoms with Crippen LogP contribution in [0.15, 0.2) is 42.6 Å². The lowest BCUT2D eigenvalue weighted by atomic mass is 9.59. The summed E-state index contributed by atoms with van der Waals surface area (Å²) in [5.41, 5.74) is 5.14. The number of ether oxygens (including phenoxy) is 1. The molecule has 1 aliphatic heterocycles. The molecule has 6 nitrogen and oxygen atoms in total. The number of benzene rings is 2. The molecule has 200 valence electrons. The van der Waals surface area contributed by atoms with E-state index in [-0.39, 0.29) is 24.3 Å². The van der Waals surface area contributed by atoms with Gasteiger partial charge in [-0.05, 0) is 90.9 Å². The van der Waals surface area contributed by atoms with Gasteiger partial charge in [-0.2, -0.15) is 0 Å². The predicted octanol–water partition coefficient (Wildman–Crippen LogP) is 6.89. The number of rotatable bonds is 5. The average Bonchev–Trinajstić information content (AvgIpc) is 3.61. The van der Waals surface area contributed by atoms with E-state index >= 15 is 0 Å². The van der Waals surface area contributed by atoms with E-state index in [0.717, 1.165) is 34.9 Å². The third kappa shape index (κ3) is 4.28. The van der Waals surface area contributed by atoms with Gasteiger partial charge in [0, 0.05) is 37.0 Å². The van der Waals surface area contributed by atoms with Crippen molar-refractivity contribution in [1.29, 1.82) is 0 Å². The van der Waals surface area contributed by atoms with Crippen molar-refractivity contribution < 1.29 is 28.2 Å². The van der Waals surface area contributed by atoms with Crippen LogP contribution in [0.1, 0.15) is 83.1 Å². The topological polar surface area (TPSA) is 71.8 Å². The summed E-state index contributed by atoms with van der Waals surface area (Å²) < 4.78 is 34.2. The summed E-state index contributed by atoms with van der Waals surface area (Å²) in [6, 6.07) is 11.3. The number of carbonyl (C=O) groups excluding carboxylic acids is 1. The number of esters is 1. The van der Waals surface area contributed by atoms with E-state index < -0.39 is 18.0 Å². The molecule has 3 fully saturated rings. The second-order valence-corrected chi connectivity index (χ2v) is 11.5. The first-order valence-corrected chi connectivity index (χ1v) is 13.3. The van der Waals surface area contributed by atoms with E-state index in [2.05, 4.69) is 11.0 Å². The molecule has 2 heterocycles. The molecule has 1 atom stereocenters. The zero-order valence-electron chi connectivity index (χ0n) is 21.7.